The van der Waals surface area contributed by atoms with Crippen LogP contribution in [0.3, 0.4) is 0 Å². The van der Waals surface area contributed by atoms with Crippen LogP contribution in [0.15, 0.2) is 24.3 Å². The Labute approximate surface area is 76.3 Å². The van der Waals surface area contributed by atoms with Crippen molar-refractivity contribution < 1.29 is 5.11 Å². The van der Waals surface area contributed by atoms with Gasteiger partial charge in [-0.2, -0.15) is 0 Å². The highest BCUT2D eigenvalue weighted by Gasteiger charge is 1.94. The molecule has 0 atom stereocenters. The summed E-state index contributed by atoms with van der Waals surface area (Å²) in [7, 11) is 0. The maximum Gasteiger partial charge on any atom is 0.139 e. The number of benzene rings is 1. The SMILES string of the molecule is Nc1ccc(C=CCCl)cc1O. The topological polar surface area (TPSA) is 46.2 Å². The average molecular weight is 184 g/mol. The monoisotopic (exact) mass is 183 g/mol. The highest BCUT2D eigenvalue weighted by atomic mass is 35.5. The molecule has 0 heterocycles. The van der Waals surface area contributed by atoms with Crippen LogP contribution in [0.5, 0.6) is 5.75 Å². The summed E-state index contributed by atoms with van der Waals surface area (Å²) in [5, 5.41) is 9.21. The molecule has 0 aromatic heterocycles. The number of allylic oxidation sites excluding steroid dienone is 1. The molecule has 0 unspecified atom stereocenters. The van der Waals surface area contributed by atoms with Crippen molar-refractivity contribution in [1.82, 2.24) is 0 Å². The smallest absolute Gasteiger partial charge is 0.139 e. The van der Waals surface area contributed by atoms with Gasteiger partial charge in [-0.15, -0.1) is 11.6 Å². The Hall–Kier alpha value is -1.15. The molecule has 12 heavy (non-hydrogen) atoms. The third kappa shape index (κ3) is 2.17. The third-order valence-corrected chi connectivity index (χ3v) is 1.63. The van der Waals surface area contributed by atoms with Gasteiger partial charge in [-0.1, -0.05) is 18.2 Å². The van der Waals surface area contributed by atoms with Gasteiger partial charge in [-0.3, -0.25) is 0 Å². The van der Waals surface area contributed by atoms with Gasteiger partial charge in [-0.05, 0) is 17.7 Å². The first kappa shape index (κ1) is 8.94. The van der Waals surface area contributed by atoms with Crippen LogP contribution < -0.4 is 5.73 Å². The van der Waals surface area contributed by atoms with Crippen LogP contribution in [0.2, 0.25) is 0 Å². The van der Waals surface area contributed by atoms with E-state index in [1.54, 1.807) is 18.2 Å². The Morgan fingerprint density at radius 1 is 1.50 bits per heavy atom. The summed E-state index contributed by atoms with van der Waals surface area (Å²) in [5.74, 6) is 0.567. The second-order valence-electron chi connectivity index (χ2n) is 2.37. The van der Waals surface area contributed by atoms with Crippen LogP contribution >= 0.6 is 11.6 Å². The third-order valence-electron chi connectivity index (χ3n) is 1.45. The van der Waals surface area contributed by atoms with Crippen molar-refractivity contribution in [3.63, 3.8) is 0 Å². The Kier molecular flexibility index (Phi) is 3.00. The maximum atomic E-state index is 9.21. The van der Waals surface area contributed by atoms with E-state index in [2.05, 4.69) is 0 Å². The fourth-order valence-corrected chi connectivity index (χ4v) is 0.934. The number of aromatic hydroxyl groups is 1. The molecule has 3 heteroatoms. The molecule has 64 valence electrons. The minimum Gasteiger partial charge on any atom is -0.506 e. The molecule has 1 aromatic rings. The van der Waals surface area contributed by atoms with Gasteiger partial charge in [0.2, 0.25) is 0 Å². The van der Waals surface area contributed by atoms with Crippen molar-refractivity contribution in [1.29, 1.82) is 0 Å². The first-order valence-electron chi connectivity index (χ1n) is 3.55. The highest BCUT2D eigenvalue weighted by Crippen LogP contribution is 2.21. The summed E-state index contributed by atoms with van der Waals surface area (Å²) in [6, 6.07) is 5.07. The molecule has 0 aliphatic carbocycles. The van der Waals surface area contributed by atoms with E-state index >= 15 is 0 Å². The fourth-order valence-electron chi connectivity index (χ4n) is 0.845. The van der Waals surface area contributed by atoms with Crippen LogP contribution in [-0.2, 0) is 0 Å². The zero-order valence-corrected chi connectivity index (χ0v) is 7.25. The molecule has 0 amide bonds. The van der Waals surface area contributed by atoms with Gasteiger partial charge in [0, 0.05) is 5.88 Å². The van der Waals surface area contributed by atoms with E-state index in [0.717, 1.165) is 5.56 Å². The number of hydrogen-bond donors (Lipinski definition) is 2. The van der Waals surface area contributed by atoms with Crippen LogP contribution in [0.1, 0.15) is 5.56 Å². The molecule has 1 aromatic carbocycles. The number of nitrogens with two attached hydrogens (primary N) is 1. The van der Waals surface area contributed by atoms with Gasteiger partial charge in [0.1, 0.15) is 5.75 Å². The summed E-state index contributed by atoms with van der Waals surface area (Å²) in [6.45, 7) is 0. The number of anilines is 1. The van der Waals surface area contributed by atoms with E-state index in [0.29, 0.717) is 11.6 Å². The average Bonchev–Trinajstić information content (AvgIpc) is 2.07. The van der Waals surface area contributed by atoms with Crippen molar-refractivity contribution in [2.24, 2.45) is 0 Å². The van der Waals surface area contributed by atoms with E-state index in [4.69, 9.17) is 17.3 Å². The predicted octanol–water partition coefficient (Wildman–Crippen LogP) is 2.23. The normalized spacial score (nSPS) is 10.8. The molecule has 0 spiro atoms. The molecule has 1 rings (SSSR count). The second kappa shape index (κ2) is 4.02. The van der Waals surface area contributed by atoms with Crippen molar-refractivity contribution in [2.75, 3.05) is 11.6 Å². The number of rotatable bonds is 2. The summed E-state index contributed by atoms with van der Waals surface area (Å²) in [6.07, 6.45) is 3.62. The number of phenols is 1. The van der Waals surface area contributed by atoms with Gasteiger partial charge in [0.15, 0.2) is 0 Å². The molecular weight excluding hydrogens is 174 g/mol. The highest BCUT2D eigenvalue weighted by molar-refractivity contribution is 6.19. The van der Waals surface area contributed by atoms with Gasteiger partial charge >= 0.3 is 0 Å². The Morgan fingerprint density at radius 2 is 2.25 bits per heavy atom. The van der Waals surface area contributed by atoms with Crippen molar-refractivity contribution in [2.45, 2.75) is 0 Å². The minimum absolute atomic E-state index is 0.103. The van der Waals surface area contributed by atoms with Gasteiger partial charge in [0.25, 0.3) is 0 Å². The lowest BCUT2D eigenvalue weighted by atomic mass is 10.2. The summed E-state index contributed by atoms with van der Waals surface area (Å²) >= 11 is 5.45. The second-order valence-corrected chi connectivity index (χ2v) is 2.68. The van der Waals surface area contributed by atoms with Crippen molar-refractivity contribution >= 4 is 23.4 Å². The van der Waals surface area contributed by atoms with E-state index in [1.807, 2.05) is 12.1 Å². The lowest BCUT2D eigenvalue weighted by Crippen LogP contribution is -1.84. The standard InChI is InChI=1S/C9H10ClNO/c10-5-1-2-7-3-4-8(11)9(12)6-7/h1-4,6,12H,5,11H2. The summed E-state index contributed by atoms with van der Waals surface area (Å²) in [5.41, 5.74) is 6.70. The van der Waals surface area contributed by atoms with Crippen LogP contribution in [0, 0.1) is 0 Å². The molecule has 2 nitrogen and oxygen atoms in total. The lowest BCUT2D eigenvalue weighted by Gasteiger charge is -1.98. The van der Waals surface area contributed by atoms with E-state index in [-0.39, 0.29) is 5.75 Å². The zero-order chi connectivity index (χ0) is 8.97. The number of nitrogen functional groups attached to an aromatic ring is 1. The summed E-state index contributed by atoms with van der Waals surface area (Å²) < 4.78 is 0. The zero-order valence-electron chi connectivity index (χ0n) is 6.50. The molecule has 0 fully saturated rings. The molecule has 0 radical (unpaired) electrons. The molecule has 0 saturated carbocycles. The largest absolute Gasteiger partial charge is 0.506 e. The Bertz CT molecular complexity index is 297. The molecule has 0 bridgehead atoms. The first-order chi connectivity index (χ1) is 5.74. The molecule has 0 aliphatic heterocycles. The quantitative estimate of drug-likeness (QED) is 0.420. The van der Waals surface area contributed by atoms with Gasteiger partial charge in [-0.25, -0.2) is 0 Å². The molecule has 3 N–H and O–H groups in total. The van der Waals surface area contributed by atoms with Gasteiger partial charge in [0.05, 0.1) is 5.69 Å². The maximum absolute atomic E-state index is 9.21. The van der Waals surface area contributed by atoms with Crippen molar-refractivity contribution in [3.8, 4) is 5.75 Å². The first-order valence-corrected chi connectivity index (χ1v) is 4.08. The number of phenolic OH excluding ortho intramolecular Hbond substituents is 1. The minimum atomic E-state index is 0.103. The Morgan fingerprint density at radius 3 is 2.83 bits per heavy atom. The van der Waals surface area contributed by atoms with E-state index in [9.17, 15) is 5.11 Å². The van der Waals surface area contributed by atoms with E-state index in [1.165, 1.54) is 0 Å². The number of hydrogen-bond acceptors (Lipinski definition) is 2. The van der Waals surface area contributed by atoms with Crippen LogP contribution in [0.4, 0.5) is 5.69 Å². The lowest BCUT2D eigenvalue weighted by molar-refractivity contribution is 0.478. The predicted molar refractivity (Wildman–Crippen MR) is 52.3 cm³/mol. The molecule has 0 saturated heterocycles. The number of halogens is 1. The van der Waals surface area contributed by atoms with E-state index < -0.39 is 0 Å². The number of alkyl halides is 1. The molecular formula is C9H10ClNO. The fraction of sp³-hybridized carbons (Fsp3) is 0.111. The van der Waals surface area contributed by atoms with Crippen LogP contribution in [-0.4, -0.2) is 11.0 Å². The summed E-state index contributed by atoms with van der Waals surface area (Å²) in [4.78, 5) is 0. The molecule has 0 aliphatic rings. The van der Waals surface area contributed by atoms with Crippen LogP contribution in [0.25, 0.3) is 6.08 Å². The Balaban J connectivity index is 2.89. The van der Waals surface area contributed by atoms with Crippen molar-refractivity contribution in [3.05, 3.63) is 29.8 Å². The van der Waals surface area contributed by atoms with Gasteiger partial charge < -0.3 is 10.8 Å².